The summed E-state index contributed by atoms with van der Waals surface area (Å²) in [5.74, 6) is 1.83. The molecule has 1 aliphatic heterocycles. The highest BCUT2D eigenvalue weighted by Gasteiger charge is 2.19. The first kappa shape index (κ1) is 13.0. The molecule has 110 valence electrons. The van der Waals surface area contributed by atoms with Crippen molar-refractivity contribution in [3.05, 3.63) is 60.3 Å². The summed E-state index contributed by atoms with van der Waals surface area (Å²) in [6.07, 6.45) is 0. The molecule has 1 N–H and O–H groups in total. The minimum Gasteiger partial charge on any atom is -0.496 e. The van der Waals surface area contributed by atoms with Crippen molar-refractivity contribution in [2.45, 2.75) is 0 Å². The van der Waals surface area contributed by atoms with Crippen molar-refractivity contribution in [3.63, 3.8) is 0 Å². The molecule has 0 bridgehead atoms. The number of nitrogens with one attached hydrogen (secondary N) is 1. The molecule has 4 rings (SSSR count). The smallest absolute Gasteiger partial charge is 0.145 e. The van der Waals surface area contributed by atoms with E-state index in [-0.39, 0.29) is 0 Å². The van der Waals surface area contributed by atoms with E-state index in [9.17, 15) is 0 Å². The Kier molecular flexibility index (Phi) is 3.07. The summed E-state index contributed by atoms with van der Waals surface area (Å²) in [5, 5.41) is 4.47. The van der Waals surface area contributed by atoms with Gasteiger partial charge in [0.1, 0.15) is 11.6 Å². The van der Waals surface area contributed by atoms with Gasteiger partial charge in [0.15, 0.2) is 0 Å². The van der Waals surface area contributed by atoms with E-state index in [4.69, 9.17) is 4.74 Å². The van der Waals surface area contributed by atoms with Crippen LogP contribution in [0.15, 0.2) is 59.6 Å². The number of aliphatic imine (C=N–C) groups is 1. The lowest BCUT2D eigenvalue weighted by molar-refractivity contribution is 0.420. The summed E-state index contributed by atoms with van der Waals surface area (Å²) in [7, 11) is 1.71. The molecule has 0 amide bonds. The van der Waals surface area contributed by atoms with Crippen LogP contribution < -0.4 is 10.1 Å². The van der Waals surface area contributed by atoms with Gasteiger partial charge in [-0.3, -0.25) is 4.99 Å². The van der Waals surface area contributed by atoms with Gasteiger partial charge >= 0.3 is 0 Å². The van der Waals surface area contributed by atoms with Crippen LogP contribution in [0.4, 0.5) is 0 Å². The summed E-state index contributed by atoms with van der Waals surface area (Å²) in [4.78, 5) is 4.59. The zero-order chi connectivity index (χ0) is 14.9. The second kappa shape index (κ2) is 5.22. The van der Waals surface area contributed by atoms with Crippen molar-refractivity contribution in [1.82, 2.24) is 9.88 Å². The maximum absolute atomic E-state index is 5.52. The molecule has 0 radical (unpaired) electrons. The molecule has 0 spiro atoms. The molecule has 0 aliphatic carbocycles. The number of methoxy groups -OCH3 is 1. The van der Waals surface area contributed by atoms with E-state index in [1.54, 1.807) is 7.11 Å². The predicted molar refractivity (Wildman–Crippen MR) is 89.2 cm³/mol. The lowest BCUT2D eigenvalue weighted by Gasteiger charge is -2.11. The van der Waals surface area contributed by atoms with E-state index in [1.807, 2.05) is 18.2 Å². The quantitative estimate of drug-likeness (QED) is 0.805. The fraction of sp³-hybridized carbons (Fsp3) is 0.167. The van der Waals surface area contributed by atoms with E-state index in [0.717, 1.165) is 47.0 Å². The number of benzene rings is 2. The van der Waals surface area contributed by atoms with Crippen molar-refractivity contribution < 1.29 is 4.74 Å². The highest BCUT2D eigenvalue weighted by atomic mass is 16.5. The lowest BCUT2D eigenvalue weighted by atomic mass is 10.2. The molecule has 0 saturated carbocycles. The second-order valence-electron chi connectivity index (χ2n) is 5.25. The minimum atomic E-state index is 0.822. The second-order valence-corrected chi connectivity index (χ2v) is 5.25. The van der Waals surface area contributed by atoms with Gasteiger partial charge in [-0.2, -0.15) is 0 Å². The first-order valence-electron chi connectivity index (χ1n) is 7.41. The summed E-state index contributed by atoms with van der Waals surface area (Å²) >= 11 is 0. The molecule has 1 aromatic heterocycles. The molecular weight excluding hydrogens is 274 g/mol. The van der Waals surface area contributed by atoms with Crippen molar-refractivity contribution in [2.24, 2.45) is 4.99 Å². The van der Waals surface area contributed by atoms with Gasteiger partial charge in [0, 0.05) is 17.6 Å². The Hall–Kier alpha value is -2.75. The Labute approximate surface area is 129 Å². The van der Waals surface area contributed by atoms with Gasteiger partial charge in [-0.05, 0) is 30.3 Å². The molecule has 0 fully saturated rings. The standard InChI is InChI=1S/C18H17N3O/c1-22-17-9-5-8-15-14(17)12-16(18-19-10-11-20-18)21(15)13-6-3-2-4-7-13/h2-9,12H,10-11H2,1H3,(H,19,20). The number of ether oxygens (including phenoxy) is 1. The van der Waals surface area contributed by atoms with Crippen LogP contribution in [0.1, 0.15) is 5.69 Å². The fourth-order valence-electron chi connectivity index (χ4n) is 2.98. The first-order valence-corrected chi connectivity index (χ1v) is 7.41. The van der Waals surface area contributed by atoms with Crippen molar-refractivity contribution >= 4 is 16.7 Å². The van der Waals surface area contributed by atoms with Crippen LogP contribution >= 0.6 is 0 Å². The van der Waals surface area contributed by atoms with Crippen LogP contribution in [0.25, 0.3) is 16.6 Å². The number of rotatable bonds is 3. The number of hydrogen-bond donors (Lipinski definition) is 1. The maximum Gasteiger partial charge on any atom is 0.145 e. The molecule has 4 nitrogen and oxygen atoms in total. The van der Waals surface area contributed by atoms with Gasteiger partial charge in [-0.1, -0.05) is 24.3 Å². The fourth-order valence-corrected chi connectivity index (χ4v) is 2.98. The molecule has 4 heteroatoms. The van der Waals surface area contributed by atoms with Crippen LogP contribution in [-0.4, -0.2) is 30.6 Å². The van der Waals surface area contributed by atoms with Crippen molar-refractivity contribution in [2.75, 3.05) is 20.2 Å². The summed E-state index contributed by atoms with van der Waals surface area (Å²) < 4.78 is 7.75. The first-order chi connectivity index (χ1) is 10.9. The highest BCUT2D eigenvalue weighted by molar-refractivity contribution is 6.05. The van der Waals surface area contributed by atoms with E-state index < -0.39 is 0 Å². The molecule has 3 aromatic rings. The van der Waals surface area contributed by atoms with Gasteiger partial charge in [0.05, 0.1) is 24.9 Å². The average molecular weight is 291 g/mol. The molecule has 1 aliphatic rings. The van der Waals surface area contributed by atoms with Gasteiger partial charge in [0.2, 0.25) is 0 Å². The normalized spacial score (nSPS) is 14.0. The van der Waals surface area contributed by atoms with Crippen molar-refractivity contribution in [1.29, 1.82) is 0 Å². The number of fused-ring (bicyclic) bond motifs is 1. The predicted octanol–water partition coefficient (Wildman–Crippen LogP) is 2.99. The van der Waals surface area contributed by atoms with Crippen LogP contribution in [0.2, 0.25) is 0 Å². The third kappa shape index (κ3) is 1.96. The van der Waals surface area contributed by atoms with Gasteiger partial charge in [-0.25, -0.2) is 0 Å². The monoisotopic (exact) mass is 291 g/mol. The summed E-state index contributed by atoms with van der Waals surface area (Å²) in [6.45, 7) is 1.71. The summed E-state index contributed by atoms with van der Waals surface area (Å²) in [6, 6.07) is 18.6. The highest BCUT2D eigenvalue weighted by Crippen LogP contribution is 2.31. The van der Waals surface area contributed by atoms with Crippen LogP contribution in [0.3, 0.4) is 0 Å². The van der Waals surface area contributed by atoms with Gasteiger partial charge < -0.3 is 14.6 Å². The molecule has 0 unspecified atom stereocenters. The molecular formula is C18H17N3O. The lowest BCUT2D eigenvalue weighted by Crippen LogP contribution is -2.22. The van der Waals surface area contributed by atoms with E-state index >= 15 is 0 Å². The zero-order valence-corrected chi connectivity index (χ0v) is 12.4. The van der Waals surface area contributed by atoms with E-state index in [0.29, 0.717) is 0 Å². The molecule has 2 heterocycles. The number of hydrogen-bond acceptors (Lipinski definition) is 3. The summed E-state index contributed by atoms with van der Waals surface area (Å²) in [5.41, 5.74) is 3.32. The Balaban J connectivity index is 2.05. The van der Waals surface area contributed by atoms with Crippen LogP contribution in [0, 0.1) is 0 Å². The molecule has 2 aromatic carbocycles. The molecule has 0 saturated heterocycles. The Bertz CT molecular complexity index is 849. The Morgan fingerprint density at radius 2 is 1.95 bits per heavy atom. The third-order valence-corrected chi connectivity index (χ3v) is 3.96. The Morgan fingerprint density at radius 1 is 1.09 bits per heavy atom. The van der Waals surface area contributed by atoms with Crippen LogP contribution in [0.5, 0.6) is 5.75 Å². The van der Waals surface area contributed by atoms with Gasteiger partial charge in [-0.15, -0.1) is 0 Å². The maximum atomic E-state index is 5.52. The number of nitrogens with zero attached hydrogens (tertiary/aromatic N) is 2. The number of amidine groups is 1. The topological polar surface area (TPSA) is 38.5 Å². The number of para-hydroxylation sites is 1. The largest absolute Gasteiger partial charge is 0.496 e. The zero-order valence-electron chi connectivity index (χ0n) is 12.4. The van der Waals surface area contributed by atoms with E-state index in [2.05, 4.69) is 51.3 Å². The van der Waals surface area contributed by atoms with E-state index in [1.165, 1.54) is 0 Å². The SMILES string of the molecule is COc1cccc2c1cc(C1=NCCN1)n2-c1ccccc1. The third-order valence-electron chi connectivity index (χ3n) is 3.96. The number of aromatic nitrogens is 1. The molecule has 22 heavy (non-hydrogen) atoms. The van der Waals surface area contributed by atoms with Gasteiger partial charge in [0.25, 0.3) is 0 Å². The Morgan fingerprint density at radius 3 is 2.68 bits per heavy atom. The molecule has 0 atom stereocenters. The minimum absolute atomic E-state index is 0.822. The average Bonchev–Trinajstić information content (AvgIpc) is 3.22. The van der Waals surface area contributed by atoms with Crippen LogP contribution in [-0.2, 0) is 0 Å². The van der Waals surface area contributed by atoms with Crippen molar-refractivity contribution in [3.8, 4) is 11.4 Å².